The molecule has 3 rings (SSSR count). The van der Waals surface area contributed by atoms with Gasteiger partial charge in [-0.15, -0.1) is 0 Å². The van der Waals surface area contributed by atoms with Crippen molar-refractivity contribution < 1.29 is 12.8 Å². The fourth-order valence-electron chi connectivity index (χ4n) is 3.13. The fourth-order valence-corrected chi connectivity index (χ4v) is 4.57. The van der Waals surface area contributed by atoms with E-state index in [1.165, 1.54) is 6.42 Å². The number of sulfonamides is 1. The summed E-state index contributed by atoms with van der Waals surface area (Å²) in [4.78, 5) is 4.31. The van der Waals surface area contributed by atoms with Crippen molar-refractivity contribution in [1.29, 1.82) is 0 Å². The largest absolute Gasteiger partial charge is 0.463 e. The molecule has 2 aromatic rings. The molecular weight excluding hydrogens is 312 g/mol. The first-order valence-corrected chi connectivity index (χ1v) is 9.74. The van der Waals surface area contributed by atoms with Crippen molar-refractivity contribution in [2.45, 2.75) is 38.6 Å². The maximum absolute atomic E-state index is 12.3. The molecule has 0 aromatic carbocycles. The van der Waals surface area contributed by atoms with E-state index in [-0.39, 0.29) is 12.3 Å². The lowest BCUT2D eigenvalue weighted by molar-refractivity contribution is 0.384. The van der Waals surface area contributed by atoms with E-state index in [2.05, 4.69) is 9.71 Å². The van der Waals surface area contributed by atoms with E-state index in [0.717, 1.165) is 31.2 Å². The van der Waals surface area contributed by atoms with E-state index < -0.39 is 10.0 Å². The van der Waals surface area contributed by atoms with Gasteiger partial charge in [0.25, 0.3) is 0 Å². The normalized spacial score (nSPS) is 16.5. The second-order valence-corrected chi connectivity index (χ2v) is 7.95. The van der Waals surface area contributed by atoms with Gasteiger partial charge < -0.3 is 4.42 Å². The lowest BCUT2D eigenvalue weighted by atomic mass is 9.91. The maximum atomic E-state index is 12.3. The molecule has 1 aliphatic carbocycles. The Bertz CT molecular complexity index is 720. The van der Waals surface area contributed by atoms with Gasteiger partial charge in [-0.3, -0.25) is 4.98 Å². The standard InChI is InChI=1S/C17H22N2O3S/c20-23(21,13-14-6-2-1-3-7-14)19-12-15-8-4-10-18-17(15)16-9-5-11-22-16/h4-5,8-11,14,19H,1-3,6-7,12-13H2. The zero-order valence-corrected chi connectivity index (χ0v) is 13.9. The van der Waals surface area contributed by atoms with Crippen LogP contribution in [0.15, 0.2) is 41.1 Å². The minimum Gasteiger partial charge on any atom is -0.463 e. The highest BCUT2D eigenvalue weighted by Crippen LogP contribution is 2.25. The Morgan fingerprint density at radius 3 is 2.74 bits per heavy atom. The Kier molecular flexibility index (Phi) is 5.13. The van der Waals surface area contributed by atoms with Gasteiger partial charge in [0.2, 0.25) is 10.0 Å². The molecule has 6 heteroatoms. The SMILES string of the molecule is O=S(=O)(CC1CCCCC1)NCc1cccnc1-c1ccco1. The third kappa shape index (κ3) is 4.42. The Balaban J connectivity index is 1.66. The molecule has 1 fully saturated rings. The average Bonchev–Trinajstić information content (AvgIpc) is 3.08. The summed E-state index contributed by atoms with van der Waals surface area (Å²) in [5.41, 5.74) is 1.49. The summed E-state index contributed by atoms with van der Waals surface area (Å²) in [5, 5.41) is 0. The van der Waals surface area contributed by atoms with Gasteiger partial charge in [-0.25, -0.2) is 13.1 Å². The lowest BCUT2D eigenvalue weighted by Crippen LogP contribution is -2.30. The van der Waals surface area contributed by atoms with Crippen molar-refractivity contribution in [2.24, 2.45) is 5.92 Å². The summed E-state index contributed by atoms with van der Waals surface area (Å²) >= 11 is 0. The molecular formula is C17H22N2O3S. The van der Waals surface area contributed by atoms with Gasteiger partial charge in [0.05, 0.1) is 12.0 Å². The van der Waals surface area contributed by atoms with E-state index in [1.54, 1.807) is 24.6 Å². The monoisotopic (exact) mass is 334 g/mol. The van der Waals surface area contributed by atoms with Gasteiger partial charge >= 0.3 is 0 Å². The van der Waals surface area contributed by atoms with Gasteiger partial charge in [0.15, 0.2) is 5.76 Å². The van der Waals surface area contributed by atoms with E-state index in [9.17, 15) is 8.42 Å². The number of nitrogens with zero attached hydrogens (tertiary/aromatic N) is 1. The number of rotatable bonds is 6. The highest BCUT2D eigenvalue weighted by atomic mass is 32.2. The molecule has 0 atom stereocenters. The van der Waals surface area contributed by atoms with Crippen LogP contribution in [0.4, 0.5) is 0 Å². The van der Waals surface area contributed by atoms with Crippen LogP contribution < -0.4 is 4.72 Å². The van der Waals surface area contributed by atoms with Crippen LogP contribution in [0.1, 0.15) is 37.7 Å². The third-order valence-corrected chi connectivity index (χ3v) is 5.80. The van der Waals surface area contributed by atoms with Crippen molar-refractivity contribution >= 4 is 10.0 Å². The van der Waals surface area contributed by atoms with Gasteiger partial charge in [0, 0.05) is 12.7 Å². The van der Waals surface area contributed by atoms with Crippen LogP contribution in [0, 0.1) is 5.92 Å². The summed E-state index contributed by atoms with van der Waals surface area (Å²) in [6, 6.07) is 7.29. The Hall–Kier alpha value is -1.66. The van der Waals surface area contributed by atoms with Crippen molar-refractivity contribution in [1.82, 2.24) is 9.71 Å². The van der Waals surface area contributed by atoms with Crippen LogP contribution in [0.5, 0.6) is 0 Å². The third-order valence-electron chi connectivity index (χ3n) is 4.31. The topological polar surface area (TPSA) is 72.2 Å². The first-order valence-electron chi connectivity index (χ1n) is 8.09. The van der Waals surface area contributed by atoms with E-state index >= 15 is 0 Å². The summed E-state index contributed by atoms with van der Waals surface area (Å²) in [6.45, 7) is 0.235. The number of nitrogens with one attached hydrogen (secondary N) is 1. The van der Waals surface area contributed by atoms with Crippen molar-refractivity contribution in [3.8, 4) is 11.5 Å². The van der Waals surface area contributed by atoms with Crippen LogP contribution in [0.2, 0.25) is 0 Å². The molecule has 0 aliphatic heterocycles. The summed E-state index contributed by atoms with van der Waals surface area (Å²) in [7, 11) is -3.27. The summed E-state index contributed by atoms with van der Waals surface area (Å²) in [5.74, 6) is 1.16. The predicted octanol–water partition coefficient (Wildman–Crippen LogP) is 3.34. The van der Waals surface area contributed by atoms with Crippen LogP contribution in [0.3, 0.4) is 0 Å². The van der Waals surface area contributed by atoms with Gasteiger partial charge in [-0.2, -0.15) is 0 Å². The van der Waals surface area contributed by atoms with Crippen LogP contribution in [0.25, 0.3) is 11.5 Å². The van der Waals surface area contributed by atoms with E-state index in [0.29, 0.717) is 17.4 Å². The minimum atomic E-state index is -3.27. The number of hydrogen-bond donors (Lipinski definition) is 1. The molecule has 0 saturated heterocycles. The zero-order chi connectivity index (χ0) is 16.1. The number of pyridine rings is 1. The summed E-state index contributed by atoms with van der Waals surface area (Å²) < 4.78 is 32.7. The Morgan fingerprint density at radius 1 is 1.17 bits per heavy atom. The van der Waals surface area contributed by atoms with Gasteiger partial charge in [0.1, 0.15) is 5.69 Å². The van der Waals surface area contributed by atoms with Crippen molar-refractivity contribution in [3.63, 3.8) is 0 Å². The maximum Gasteiger partial charge on any atom is 0.212 e. The molecule has 0 radical (unpaired) electrons. The molecule has 0 unspecified atom stereocenters. The lowest BCUT2D eigenvalue weighted by Gasteiger charge is -2.21. The second-order valence-electron chi connectivity index (χ2n) is 6.09. The quantitative estimate of drug-likeness (QED) is 0.879. The van der Waals surface area contributed by atoms with Crippen LogP contribution in [-0.2, 0) is 16.6 Å². The highest BCUT2D eigenvalue weighted by Gasteiger charge is 2.21. The molecule has 124 valence electrons. The molecule has 1 aliphatic rings. The highest BCUT2D eigenvalue weighted by molar-refractivity contribution is 7.89. The smallest absolute Gasteiger partial charge is 0.212 e. The molecule has 2 heterocycles. The second kappa shape index (κ2) is 7.27. The van der Waals surface area contributed by atoms with E-state index in [1.807, 2.05) is 12.1 Å². The minimum absolute atomic E-state index is 0.226. The number of hydrogen-bond acceptors (Lipinski definition) is 4. The predicted molar refractivity (Wildman–Crippen MR) is 89.1 cm³/mol. The average molecular weight is 334 g/mol. The molecule has 1 saturated carbocycles. The number of furan rings is 1. The van der Waals surface area contributed by atoms with Gasteiger partial charge in [-0.05, 0) is 42.5 Å². The molecule has 0 bridgehead atoms. The Morgan fingerprint density at radius 2 is 2.00 bits per heavy atom. The van der Waals surface area contributed by atoms with Crippen LogP contribution in [-0.4, -0.2) is 19.2 Å². The van der Waals surface area contributed by atoms with Gasteiger partial charge in [-0.1, -0.05) is 25.3 Å². The van der Waals surface area contributed by atoms with Crippen molar-refractivity contribution in [3.05, 3.63) is 42.3 Å². The number of aromatic nitrogens is 1. The molecule has 1 N–H and O–H groups in total. The Labute approximate surface area is 137 Å². The molecule has 23 heavy (non-hydrogen) atoms. The first kappa shape index (κ1) is 16.2. The molecule has 0 spiro atoms. The fraction of sp³-hybridized carbons (Fsp3) is 0.471. The zero-order valence-electron chi connectivity index (χ0n) is 13.1. The molecule has 5 nitrogen and oxygen atoms in total. The van der Waals surface area contributed by atoms with Crippen LogP contribution >= 0.6 is 0 Å². The molecule has 2 aromatic heterocycles. The summed E-state index contributed by atoms with van der Waals surface area (Å²) in [6.07, 6.45) is 8.82. The van der Waals surface area contributed by atoms with E-state index in [4.69, 9.17) is 4.42 Å². The first-order chi connectivity index (χ1) is 11.1. The van der Waals surface area contributed by atoms with Crippen molar-refractivity contribution in [2.75, 3.05) is 5.75 Å². The molecule has 0 amide bonds.